The minimum atomic E-state index is 0.668. The molecule has 0 radical (unpaired) electrons. The van der Waals surface area contributed by atoms with Crippen LogP contribution in [0.5, 0.6) is 11.5 Å². The third-order valence-corrected chi connectivity index (χ3v) is 3.07. The summed E-state index contributed by atoms with van der Waals surface area (Å²) in [6.07, 6.45) is 1.54. The number of aromatic nitrogens is 2. The summed E-state index contributed by atoms with van der Waals surface area (Å²) >= 11 is 0. The van der Waals surface area contributed by atoms with Crippen molar-refractivity contribution in [2.45, 2.75) is 13.8 Å². The zero-order chi connectivity index (χ0) is 15.2. The van der Waals surface area contributed by atoms with Gasteiger partial charge in [-0.25, -0.2) is 9.97 Å². The highest BCUT2D eigenvalue weighted by Gasteiger charge is 2.09. The molecule has 0 amide bonds. The zero-order valence-corrected chi connectivity index (χ0v) is 12.7. The van der Waals surface area contributed by atoms with Gasteiger partial charge in [-0.3, -0.25) is 0 Å². The van der Waals surface area contributed by atoms with Crippen LogP contribution in [0.2, 0.25) is 0 Å². The molecule has 2 rings (SSSR count). The number of rotatable bonds is 6. The molecule has 0 bridgehead atoms. The summed E-state index contributed by atoms with van der Waals surface area (Å²) in [4.78, 5) is 8.50. The molecular formula is C15H20N4O2. The Kier molecular flexibility index (Phi) is 4.81. The zero-order valence-electron chi connectivity index (χ0n) is 12.7. The van der Waals surface area contributed by atoms with Gasteiger partial charge < -0.3 is 20.1 Å². The molecule has 1 aromatic carbocycles. The largest absolute Gasteiger partial charge is 0.493 e. The Balaban J connectivity index is 2.28. The van der Waals surface area contributed by atoms with E-state index in [1.165, 1.54) is 6.33 Å². The maximum Gasteiger partial charge on any atom is 0.162 e. The van der Waals surface area contributed by atoms with Gasteiger partial charge >= 0.3 is 0 Å². The van der Waals surface area contributed by atoms with Crippen LogP contribution >= 0.6 is 0 Å². The fourth-order valence-corrected chi connectivity index (χ4v) is 1.97. The first-order valence-corrected chi connectivity index (χ1v) is 6.74. The van der Waals surface area contributed by atoms with E-state index < -0.39 is 0 Å². The number of ether oxygens (including phenoxy) is 2. The van der Waals surface area contributed by atoms with E-state index in [2.05, 4.69) is 20.6 Å². The van der Waals surface area contributed by atoms with Crippen molar-refractivity contribution in [3.05, 3.63) is 30.1 Å². The molecule has 1 aromatic heterocycles. The minimum absolute atomic E-state index is 0.668. The van der Waals surface area contributed by atoms with Crippen molar-refractivity contribution < 1.29 is 9.47 Å². The highest BCUT2D eigenvalue weighted by Crippen LogP contribution is 2.31. The van der Waals surface area contributed by atoms with E-state index in [0.29, 0.717) is 11.5 Å². The fraction of sp³-hybridized carbons (Fsp3) is 0.333. The molecule has 2 N–H and O–H groups in total. The van der Waals surface area contributed by atoms with Gasteiger partial charge in [0.15, 0.2) is 11.5 Å². The highest BCUT2D eigenvalue weighted by molar-refractivity contribution is 5.66. The molecular weight excluding hydrogens is 268 g/mol. The first-order chi connectivity index (χ1) is 10.2. The van der Waals surface area contributed by atoms with Crippen LogP contribution in [0.1, 0.15) is 12.5 Å². The predicted octanol–water partition coefficient (Wildman–Crippen LogP) is 2.98. The van der Waals surface area contributed by atoms with E-state index in [-0.39, 0.29) is 0 Å². The van der Waals surface area contributed by atoms with E-state index in [0.717, 1.165) is 29.4 Å². The number of hydrogen-bond acceptors (Lipinski definition) is 6. The van der Waals surface area contributed by atoms with Gasteiger partial charge in [-0.05, 0) is 26.0 Å². The lowest BCUT2D eigenvalue weighted by Crippen LogP contribution is -2.05. The SMILES string of the molecule is CCNc1ncnc(Nc2ccc(OC)c(OC)c2)c1C. The number of nitrogens with one attached hydrogen (secondary N) is 2. The number of benzene rings is 1. The van der Waals surface area contributed by atoms with Crippen LogP contribution in [-0.4, -0.2) is 30.7 Å². The van der Waals surface area contributed by atoms with Crippen LogP contribution < -0.4 is 20.1 Å². The molecule has 2 aromatic rings. The first kappa shape index (κ1) is 14.9. The second-order valence-electron chi connectivity index (χ2n) is 4.42. The number of nitrogens with zero attached hydrogens (tertiary/aromatic N) is 2. The Morgan fingerprint density at radius 2 is 1.76 bits per heavy atom. The summed E-state index contributed by atoms with van der Waals surface area (Å²) < 4.78 is 10.5. The lowest BCUT2D eigenvalue weighted by atomic mass is 10.2. The summed E-state index contributed by atoms with van der Waals surface area (Å²) in [7, 11) is 3.23. The van der Waals surface area contributed by atoms with Crippen LogP contribution in [0.3, 0.4) is 0 Å². The van der Waals surface area contributed by atoms with Gasteiger partial charge in [0.1, 0.15) is 18.0 Å². The fourth-order valence-electron chi connectivity index (χ4n) is 1.97. The molecule has 0 fully saturated rings. The highest BCUT2D eigenvalue weighted by atomic mass is 16.5. The van der Waals surface area contributed by atoms with Gasteiger partial charge in [0, 0.05) is 23.9 Å². The van der Waals surface area contributed by atoms with E-state index in [1.54, 1.807) is 14.2 Å². The molecule has 1 heterocycles. The van der Waals surface area contributed by atoms with E-state index in [1.807, 2.05) is 32.0 Å². The van der Waals surface area contributed by atoms with E-state index in [9.17, 15) is 0 Å². The minimum Gasteiger partial charge on any atom is -0.493 e. The van der Waals surface area contributed by atoms with Crippen molar-refractivity contribution in [1.82, 2.24) is 9.97 Å². The van der Waals surface area contributed by atoms with Crippen LogP contribution in [0.4, 0.5) is 17.3 Å². The summed E-state index contributed by atoms with van der Waals surface area (Å²) in [5.74, 6) is 2.94. The summed E-state index contributed by atoms with van der Waals surface area (Å²) in [6, 6.07) is 5.63. The van der Waals surface area contributed by atoms with Gasteiger partial charge in [-0.2, -0.15) is 0 Å². The molecule has 0 saturated carbocycles. The van der Waals surface area contributed by atoms with Gasteiger partial charge in [0.25, 0.3) is 0 Å². The monoisotopic (exact) mass is 288 g/mol. The smallest absolute Gasteiger partial charge is 0.162 e. The maximum absolute atomic E-state index is 5.30. The maximum atomic E-state index is 5.30. The van der Waals surface area contributed by atoms with Crippen LogP contribution in [0, 0.1) is 6.92 Å². The Morgan fingerprint density at radius 1 is 1.05 bits per heavy atom. The Bertz CT molecular complexity index is 617. The molecule has 6 nitrogen and oxygen atoms in total. The van der Waals surface area contributed by atoms with Gasteiger partial charge in [0.05, 0.1) is 14.2 Å². The van der Waals surface area contributed by atoms with Gasteiger partial charge in [-0.15, -0.1) is 0 Å². The van der Waals surface area contributed by atoms with Crippen molar-refractivity contribution in [1.29, 1.82) is 0 Å². The molecule has 0 spiro atoms. The lowest BCUT2D eigenvalue weighted by molar-refractivity contribution is 0.355. The average Bonchev–Trinajstić information content (AvgIpc) is 2.51. The van der Waals surface area contributed by atoms with Gasteiger partial charge in [-0.1, -0.05) is 0 Å². The molecule has 0 unspecified atom stereocenters. The number of anilines is 3. The first-order valence-electron chi connectivity index (χ1n) is 6.74. The second kappa shape index (κ2) is 6.78. The number of hydrogen-bond donors (Lipinski definition) is 2. The van der Waals surface area contributed by atoms with Gasteiger partial charge in [0.2, 0.25) is 0 Å². The van der Waals surface area contributed by atoms with Crippen molar-refractivity contribution in [2.24, 2.45) is 0 Å². The summed E-state index contributed by atoms with van der Waals surface area (Å²) in [5.41, 5.74) is 1.84. The molecule has 0 aliphatic carbocycles. The molecule has 0 aliphatic heterocycles. The lowest BCUT2D eigenvalue weighted by Gasteiger charge is -2.13. The standard InChI is InChI=1S/C15H20N4O2/c1-5-16-14-10(2)15(18-9-17-14)19-11-6-7-12(20-3)13(8-11)21-4/h6-9H,5H2,1-4H3,(H2,16,17,18,19). The summed E-state index contributed by atoms with van der Waals surface area (Å²) in [6.45, 7) is 4.82. The van der Waals surface area contributed by atoms with Crippen molar-refractivity contribution >= 4 is 17.3 Å². The average molecular weight is 288 g/mol. The molecule has 0 atom stereocenters. The van der Waals surface area contributed by atoms with Crippen LogP contribution in [0.15, 0.2) is 24.5 Å². The Hall–Kier alpha value is -2.50. The van der Waals surface area contributed by atoms with Crippen LogP contribution in [-0.2, 0) is 0 Å². The quantitative estimate of drug-likeness (QED) is 0.851. The molecule has 6 heteroatoms. The predicted molar refractivity (Wildman–Crippen MR) is 83.8 cm³/mol. The number of methoxy groups -OCH3 is 2. The molecule has 112 valence electrons. The Labute approximate surface area is 124 Å². The van der Waals surface area contributed by atoms with E-state index in [4.69, 9.17) is 9.47 Å². The van der Waals surface area contributed by atoms with Crippen LogP contribution in [0.25, 0.3) is 0 Å². The van der Waals surface area contributed by atoms with Crippen molar-refractivity contribution in [3.8, 4) is 11.5 Å². The van der Waals surface area contributed by atoms with E-state index >= 15 is 0 Å². The topological polar surface area (TPSA) is 68.3 Å². The third kappa shape index (κ3) is 3.34. The summed E-state index contributed by atoms with van der Waals surface area (Å²) in [5, 5.41) is 6.48. The molecule has 21 heavy (non-hydrogen) atoms. The molecule has 0 saturated heterocycles. The van der Waals surface area contributed by atoms with Crippen molar-refractivity contribution in [3.63, 3.8) is 0 Å². The third-order valence-electron chi connectivity index (χ3n) is 3.07. The normalized spacial score (nSPS) is 10.1. The second-order valence-corrected chi connectivity index (χ2v) is 4.42. The van der Waals surface area contributed by atoms with Crippen molar-refractivity contribution in [2.75, 3.05) is 31.4 Å². The Morgan fingerprint density at radius 3 is 2.43 bits per heavy atom. The molecule has 0 aliphatic rings.